The van der Waals surface area contributed by atoms with Crippen LogP contribution in [0.2, 0.25) is 0 Å². The van der Waals surface area contributed by atoms with Crippen LogP contribution < -0.4 is 5.32 Å². The van der Waals surface area contributed by atoms with E-state index >= 15 is 0 Å². The van der Waals surface area contributed by atoms with E-state index in [9.17, 15) is 9.90 Å². The molecule has 2 rings (SSSR count). The minimum Gasteiger partial charge on any atom is -0.445 e. The van der Waals surface area contributed by atoms with Crippen molar-refractivity contribution < 1.29 is 14.6 Å². The van der Waals surface area contributed by atoms with Crippen LogP contribution in [0.4, 0.5) is 4.79 Å². The highest BCUT2D eigenvalue weighted by molar-refractivity contribution is 5.67. The molecule has 2 aromatic carbocycles. The summed E-state index contributed by atoms with van der Waals surface area (Å²) in [6.07, 6.45) is -0.496. The number of carbonyl (C=O) groups is 1. The molecule has 0 aliphatic heterocycles. The van der Waals surface area contributed by atoms with E-state index in [1.54, 1.807) is 0 Å². The highest BCUT2D eigenvalue weighted by Crippen LogP contribution is 2.12. The summed E-state index contributed by atoms with van der Waals surface area (Å²) >= 11 is 0. The molecule has 0 saturated heterocycles. The number of ether oxygens (including phenoxy) is 1. The van der Waals surface area contributed by atoms with Gasteiger partial charge in [0.05, 0.1) is 13.2 Å². The molecule has 0 atom stereocenters. The van der Waals surface area contributed by atoms with Crippen molar-refractivity contribution in [1.29, 1.82) is 0 Å². The molecule has 0 aliphatic carbocycles. The molecule has 1 amide bonds. The third kappa shape index (κ3) is 5.17. The van der Waals surface area contributed by atoms with Gasteiger partial charge in [-0.1, -0.05) is 54.3 Å². The Labute approximate surface area is 136 Å². The molecule has 0 fully saturated rings. The normalized spacial score (nSPS) is 9.65. The highest BCUT2D eigenvalue weighted by Gasteiger charge is 2.01. The predicted octanol–water partition coefficient (Wildman–Crippen LogP) is 2.77. The lowest BCUT2D eigenvalue weighted by atomic mass is 10.0. The van der Waals surface area contributed by atoms with Crippen LogP contribution in [0.1, 0.15) is 22.3 Å². The Bertz CT molecular complexity index is 714. The molecule has 118 valence electrons. The summed E-state index contributed by atoms with van der Waals surface area (Å²) in [6, 6.07) is 15.1. The zero-order chi connectivity index (χ0) is 16.5. The first kappa shape index (κ1) is 16.6. The van der Waals surface area contributed by atoms with E-state index in [4.69, 9.17) is 4.74 Å². The molecular formula is C19H19NO3. The van der Waals surface area contributed by atoms with Crippen LogP contribution in [-0.2, 0) is 18.0 Å². The molecule has 2 N–H and O–H groups in total. The number of aliphatic hydroxyl groups is 1. The van der Waals surface area contributed by atoms with Crippen molar-refractivity contribution >= 4 is 6.09 Å². The van der Waals surface area contributed by atoms with Crippen molar-refractivity contribution in [1.82, 2.24) is 5.32 Å². The topological polar surface area (TPSA) is 58.6 Å². The van der Waals surface area contributed by atoms with Gasteiger partial charge in [0.25, 0.3) is 0 Å². The monoisotopic (exact) mass is 309 g/mol. The number of nitrogens with one attached hydrogen (secondary N) is 1. The van der Waals surface area contributed by atoms with E-state index in [-0.39, 0.29) is 19.8 Å². The Morgan fingerprint density at radius 2 is 1.96 bits per heavy atom. The lowest BCUT2D eigenvalue weighted by Gasteiger charge is -2.05. The summed E-state index contributed by atoms with van der Waals surface area (Å²) in [6.45, 7) is 2.34. The number of aliphatic hydroxyl groups excluding tert-OH is 1. The molecular weight excluding hydrogens is 290 g/mol. The molecule has 0 heterocycles. The molecule has 0 saturated carbocycles. The maximum Gasteiger partial charge on any atom is 0.408 e. The maximum atomic E-state index is 11.6. The number of amides is 1. The Morgan fingerprint density at radius 1 is 1.17 bits per heavy atom. The van der Waals surface area contributed by atoms with Crippen LogP contribution in [0.15, 0.2) is 48.5 Å². The van der Waals surface area contributed by atoms with E-state index in [1.165, 1.54) is 0 Å². The van der Waals surface area contributed by atoms with Gasteiger partial charge in [-0.2, -0.15) is 0 Å². The summed E-state index contributed by atoms with van der Waals surface area (Å²) in [5, 5.41) is 11.8. The second-order valence-corrected chi connectivity index (χ2v) is 4.96. The molecule has 0 bridgehead atoms. The van der Waals surface area contributed by atoms with Gasteiger partial charge in [0.1, 0.15) is 6.61 Å². The lowest BCUT2D eigenvalue weighted by molar-refractivity contribution is 0.141. The third-order valence-electron chi connectivity index (χ3n) is 3.37. The molecule has 4 heteroatoms. The van der Waals surface area contributed by atoms with Crippen molar-refractivity contribution in [2.24, 2.45) is 0 Å². The van der Waals surface area contributed by atoms with Crippen LogP contribution in [0, 0.1) is 18.8 Å². The van der Waals surface area contributed by atoms with Gasteiger partial charge in [-0.25, -0.2) is 4.79 Å². The van der Waals surface area contributed by atoms with Crippen molar-refractivity contribution in [3.8, 4) is 11.8 Å². The van der Waals surface area contributed by atoms with Crippen molar-refractivity contribution in [3.63, 3.8) is 0 Å². The fraction of sp³-hybridized carbons (Fsp3) is 0.211. The van der Waals surface area contributed by atoms with Crippen molar-refractivity contribution in [3.05, 3.63) is 70.8 Å². The van der Waals surface area contributed by atoms with E-state index in [0.717, 1.165) is 22.3 Å². The number of hydrogen-bond acceptors (Lipinski definition) is 3. The average molecular weight is 309 g/mol. The third-order valence-corrected chi connectivity index (χ3v) is 3.37. The Hall–Kier alpha value is -2.77. The first-order valence-corrected chi connectivity index (χ1v) is 7.33. The minimum absolute atomic E-state index is 0.00852. The van der Waals surface area contributed by atoms with Gasteiger partial charge >= 0.3 is 6.09 Å². The van der Waals surface area contributed by atoms with E-state index in [1.807, 2.05) is 55.5 Å². The van der Waals surface area contributed by atoms with Crippen molar-refractivity contribution in [2.75, 3.05) is 6.54 Å². The Morgan fingerprint density at radius 3 is 2.70 bits per heavy atom. The molecule has 0 radical (unpaired) electrons. The Balaban J connectivity index is 1.80. The summed E-state index contributed by atoms with van der Waals surface area (Å²) < 4.78 is 5.09. The predicted molar refractivity (Wildman–Crippen MR) is 88.6 cm³/mol. The molecule has 2 aromatic rings. The van der Waals surface area contributed by atoms with Gasteiger partial charge in [-0.05, 0) is 29.7 Å². The minimum atomic E-state index is -0.496. The average Bonchev–Trinajstić information content (AvgIpc) is 2.59. The first-order valence-electron chi connectivity index (χ1n) is 7.33. The highest BCUT2D eigenvalue weighted by atomic mass is 16.5. The second kappa shape index (κ2) is 8.62. The van der Waals surface area contributed by atoms with Gasteiger partial charge in [-0.3, -0.25) is 0 Å². The molecule has 0 aromatic heterocycles. The standard InChI is InChI=1S/C19H19NO3/c1-15-17(9-5-10-18(15)13-21)11-6-12-20-19(22)23-14-16-7-3-2-4-8-16/h2-5,7-10,21H,12-14H2,1H3,(H,20,22). The summed E-state index contributed by atoms with van der Waals surface area (Å²) in [5.74, 6) is 5.86. The number of benzene rings is 2. The molecule has 23 heavy (non-hydrogen) atoms. The Kier molecular flexibility index (Phi) is 6.22. The van der Waals surface area contributed by atoms with E-state index in [2.05, 4.69) is 17.2 Å². The number of alkyl carbamates (subject to hydrolysis) is 1. The second-order valence-electron chi connectivity index (χ2n) is 4.96. The molecule has 0 unspecified atom stereocenters. The van der Waals surface area contributed by atoms with Crippen LogP contribution in [0.5, 0.6) is 0 Å². The zero-order valence-corrected chi connectivity index (χ0v) is 13.0. The summed E-state index contributed by atoms with van der Waals surface area (Å²) in [7, 11) is 0. The van der Waals surface area contributed by atoms with Crippen LogP contribution in [0.25, 0.3) is 0 Å². The quantitative estimate of drug-likeness (QED) is 0.854. The van der Waals surface area contributed by atoms with Gasteiger partial charge in [0.15, 0.2) is 0 Å². The van der Waals surface area contributed by atoms with E-state index in [0.29, 0.717) is 0 Å². The first-order chi connectivity index (χ1) is 11.2. The molecule has 0 spiro atoms. The number of carbonyl (C=O) groups excluding carboxylic acids is 1. The van der Waals surface area contributed by atoms with Crippen LogP contribution in [-0.4, -0.2) is 17.7 Å². The van der Waals surface area contributed by atoms with Crippen molar-refractivity contribution in [2.45, 2.75) is 20.1 Å². The largest absolute Gasteiger partial charge is 0.445 e. The SMILES string of the molecule is Cc1c(C#CCNC(=O)OCc2ccccc2)cccc1CO. The van der Waals surface area contributed by atoms with Gasteiger partial charge < -0.3 is 15.2 Å². The van der Waals surface area contributed by atoms with Gasteiger partial charge in [-0.15, -0.1) is 0 Å². The maximum absolute atomic E-state index is 11.6. The van der Waals surface area contributed by atoms with Gasteiger partial charge in [0.2, 0.25) is 0 Å². The number of rotatable bonds is 4. The fourth-order valence-electron chi connectivity index (χ4n) is 2.02. The lowest BCUT2D eigenvalue weighted by Crippen LogP contribution is -2.24. The molecule has 0 aliphatic rings. The number of hydrogen-bond donors (Lipinski definition) is 2. The summed E-state index contributed by atoms with van der Waals surface area (Å²) in [4.78, 5) is 11.6. The molecule has 4 nitrogen and oxygen atoms in total. The smallest absolute Gasteiger partial charge is 0.408 e. The fourth-order valence-corrected chi connectivity index (χ4v) is 2.02. The van der Waals surface area contributed by atoms with E-state index < -0.39 is 6.09 Å². The summed E-state index contributed by atoms with van der Waals surface area (Å²) in [5.41, 5.74) is 3.59. The van der Waals surface area contributed by atoms with Crippen LogP contribution in [0.3, 0.4) is 0 Å². The zero-order valence-electron chi connectivity index (χ0n) is 13.0. The van der Waals surface area contributed by atoms with Gasteiger partial charge in [0, 0.05) is 5.56 Å². The van der Waals surface area contributed by atoms with Crippen LogP contribution >= 0.6 is 0 Å².